The van der Waals surface area contributed by atoms with Crippen molar-refractivity contribution in [3.8, 4) is 16.9 Å². The second-order valence-corrected chi connectivity index (χ2v) is 9.60. The SMILES string of the molecule is COc1ccc(S(=O)(=O)N2CCCCC2c2nc(C)ncc2-c2ccncc2C)cc1. The van der Waals surface area contributed by atoms with Gasteiger partial charge >= 0.3 is 0 Å². The summed E-state index contributed by atoms with van der Waals surface area (Å²) in [5.41, 5.74) is 3.57. The molecule has 4 rings (SSSR count). The van der Waals surface area contributed by atoms with Crippen LogP contribution in [-0.2, 0) is 10.0 Å². The topological polar surface area (TPSA) is 85.3 Å². The van der Waals surface area contributed by atoms with E-state index in [0.717, 1.165) is 35.2 Å². The van der Waals surface area contributed by atoms with Crippen molar-refractivity contribution < 1.29 is 13.2 Å². The van der Waals surface area contributed by atoms with E-state index in [1.807, 2.05) is 19.9 Å². The molecule has 31 heavy (non-hydrogen) atoms. The molecule has 0 bridgehead atoms. The highest BCUT2D eigenvalue weighted by Crippen LogP contribution is 2.39. The van der Waals surface area contributed by atoms with E-state index < -0.39 is 10.0 Å². The van der Waals surface area contributed by atoms with Crippen LogP contribution in [0.3, 0.4) is 0 Å². The summed E-state index contributed by atoms with van der Waals surface area (Å²) in [6.07, 6.45) is 7.80. The van der Waals surface area contributed by atoms with Crippen molar-refractivity contribution >= 4 is 10.0 Å². The van der Waals surface area contributed by atoms with Crippen molar-refractivity contribution in [1.82, 2.24) is 19.3 Å². The number of aryl methyl sites for hydroxylation is 2. The molecule has 2 aromatic heterocycles. The Kier molecular flexibility index (Phi) is 6.02. The zero-order valence-corrected chi connectivity index (χ0v) is 18.8. The lowest BCUT2D eigenvalue weighted by Crippen LogP contribution is -2.39. The molecule has 3 heterocycles. The van der Waals surface area contributed by atoms with E-state index in [0.29, 0.717) is 24.5 Å². The van der Waals surface area contributed by atoms with Gasteiger partial charge < -0.3 is 4.74 Å². The molecule has 0 N–H and O–H groups in total. The van der Waals surface area contributed by atoms with Gasteiger partial charge in [0.2, 0.25) is 10.0 Å². The summed E-state index contributed by atoms with van der Waals surface area (Å²) in [6.45, 7) is 4.27. The van der Waals surface area contributed by atoms with Crippen LogP contribution in [0.25, 0.3) is 11.1 Å². The molecule has 1 fully saturated rings. The van der Waals surface area contributed by atoms with Gasteiger partial charge in [-0.3, -0.25) is 4.98 Å². The van der Waals surface area contributed by atoms with E-state index in [-0.39, 0.29) is 10.9 Å². The second-order valence-electron chi connectivity index (χ2n) is 7.71. The molecule has 0 saturated carbocycles. The maximum Gasteiger partial charge on any atom is 0.243 e. The molecule has 1 unspecified atom stereocenters. The Labute approximate surface area is 183 Å². The minimum atomic E-state index is -3.70. The Morgan fingerprint density at radius 1 is 1.03 bits per heavy atom. The first-order valence-corrected chi connectivity index (χ1v) is 11.8. The highest BCUT2D eigenvalue weighted by atomic mass is 32.2. The van der Waals surface area contributed by atoms with E-state index in [9.17, 15) is 8.42 Å². The predicted octanol–water partition coefficient (Wildman–Crippen LogP) is 4.08. The number of rotatable bonds is 5. The molecule has 0 aliphatic carbocycles. The number of ether oxygens (including phenoxy) is 1. The minimum absolute atomic E-state index is 0.257. The van der Waals surface area contributed by atoms with Gasteiger partial charge in [-0.05, 0) is 68.1 Å². The Morgan fingerprint density at radius 2 is 1.81 bits per heavy atom. The third-order valence-corrected chi connectivity index (χ3v) is 7.61. The number of methoxy groups -OCH3 is 1. The Morgan fingerprint density at radius 3 is 2.52 bits per heavy atom. The van der Waals surface area contributed by atoms with E-state index in [1.54, 1.807) is 54.3 Å². The van der Waals surface area contributed by atoms with E-state index >= 15 is 0 Å². The van der Waals surface area contributed by atoms with Crippen LogP contribution in [0.4, 0.5) is 0 Å². The van der Waals surface area contributed by atoms with Gasteiger partial charge in [-0.2, -0.15) is 4.31 Å². The summed E-state index contributed by atoms with van der Waals surface area (Å²) in [4.78, 5) is 13.6. The number of piperidine rings is 1. The fraction of sp³-hybridized carbons (Fsp3) is 0.348. The number of nitrogens with zero attached hydrogens (tertiary/aromatic N) is 4. The lowest BCUT2D eigenvalue weighted by atomic mass is 9.94. The molecule has 1 aliphatic rings. The third kappa shape index (κ3) is 4.18. The average molecular weight is 439 g/mol. The quantitative estimate of drug-likeness (QED) is 0.597. The normalized spacial score (nSPS) is 17.5. The molecule has 162 valence electrons. The van der Waals surface area contributed by atoms with Gasteiger partial charge in [0, 0.05) is 30.7 Å². The summed E-state index contributed by atoms with van der Waals surface area (Å²) >= 11 is 0. The molecule has 1 atom stereocenters. The standard InChI is InChI=1S/C23H26N4O3S/c1-16-14-24-12-11-20(16)21-15-25-17(2)26-23(21)22-6-4-5-13-27(22)31(28,29)19-9-7-18(30-3)8-10-19/h7-12,14-15,22H,4-6,13H2,1-3H3. The number of sulfonamides is 1. The van der Waals surface area contributed by atoms with E-state index in [4.69, 9.17) is 9.72 Å². The van der Waals surface area contributed by atoms with E-state index in [1.165, 1.54) is 0 Å². The van der Waals surface area contributed by atoms with Gasteiger partial charge in [0.15, 0.2) is 0 Å². The van der Waals surface area contributed by atoms with Crippen LogP contribution in [0.2, 0.25) is 0 Å². The Bertz CT molecular complexity index is 1180. The van der Waals surface area contributed by atoms with Gasteiger partial charge in [-0.25, -0.2) is 18.4 Å². The van der Waals surface area contributed by atoms with Gasteiger partial charge in [-0.1, -0.05) is 6.42 Å². The first-order valence-electron chi connectivity index (χ1n) is 10.3. The fourth-order valence-electron chi connectivity index (χ4n) is 4.07. The first kappa shape index (κ1) is 21.4. The van der Waals surface area contributed by atoms with Crippen molar-refractivity contribution in [2.45, 2.75) is 44.0 Å². The van der Waals surface area contributed by atoms with Crippen molar-refractivity contribution in [2.75, 3.05) is 13.7 Å². The Balaban J connectivity index is 1.81. The smallest absolute Gasteiger partial charge is 0.243 e. The maximum absolute atomic E-state index is 13.6. The van der Waals surface area contributed by atoms with Crippen LogP contribution in [0, 0.1) is 13.8 Å². The molecular weight excluding hydrogens is 412 g/mol. The fourth-order valence-corrected chi connectivity index (χ4v) is 5.73. The first-order chi connectivity index (χ1) is 14.9. The summed E-state index contributed by atoms with van der Waals surface area (Å²) in [5, 5.41) is 0. The number of hydrogen-bond acceptors (Lipinski definition) is 6. The summed E-state index contributed by atoms with van der Waals surface area (Å²) in [6, 6.07) is 8.11. The predicted molar refractivity (Wildman–Crippen MR) is 118 cm³/mol. The van der Waals surface area contributed by atoms with Crippen LogP contribution >= 0.6 is 0 Å². The summed E-state index contributed by atoms with van der Waals surface area (Å²) < 4.78 is 34.0. The highest BCUT2D eigenvalue weighted by Gasteiger charge is 2.36. The molecule has 0 spiro atoms. The van der Waals surface area contributed by atoms with Gasteiger partial charge in [0.1, 0.15) is 11.6 Å². The number of hydrogen-bond donors (Lipinski definition) is 0. The van der Waals surface area contributed by atoms with Crippen LogP contribution in [0.1, 0.15) is 42.4 Å². The number of pyridine rings is 1. The lowest BCUT2D eigenvalue weighted by molar-refractivity contribution is 0.251. The van der Waals surface area contributed by atoms with Crippen LogP contribution < -0.4 is 4.74 Å². The molecule has 1 aliphatic heterocycles. The lowest BCUT2D eigenvalue weighted by Gasteiger charge is -2.35. The van der Waals surface area contributed by atoms with Crippen LogP contribution in [0.5, 0.6) is 5.75 Å². The zero-order valence-electron chi connectivity index (χ0n) is 17.9. The molecule has 8 heteroatoms. The highest BCUT2D eigenvalue weighted by molar-refractivity contribution is 7.89. The average Bonchev–Trinajstić information content (AvgIpc) is 2.79. The zero-order chi connectivity index (χ0) is 22.0. The van der Waals surface area contributed by atoms with Crippen molar-refractivity contribution in [1.29, 1.82) is 0 Å². The second kappa shape index (κ2) is 8.72. The van der Waals surface area contributed by atoms with Crippen LogP contribution in [-0.4, -0.2) is 41.3 Å². The van der Waals surface area contributed by atoms with Crippen molar-refractivity contribution in [2.24, 2.45) is 0 Å². The van der Waals surface area contributed by atoms with Crippen molar-refractivity contribution in [3.63, 3.8) is 0 Å². The molecule has 0 amide bonds. The molecule has 3 aromatic rings. The third-order valence-electron chi connectivity index (χ3n) is 5.68. The molecule has 0 radical (unpaired) electrons. The molecule has 1 saturated heterocycles. The largest absolute Gasteiger partial charge is 0.497 e. The molecular formula is C23H26N4O3S. The molecule has 1 aromatic carbocycles. The number of aromatic nitrogens is 3. The van der Waals surface area contributed by atoms with Gasteiger partial charge in [-0.15, -0.1) is 0 Å². The minimum Gasteiger partial charge on any atom is -0.497 e. The van der Waals surface area contributed by atoms with E-state index in [2.05, 4.69) is 9.97 Å². The summed E-state index contributed by atoms with van der Waals surface area (Å²) in [5.74, 6) is 1.24. The van der Waals surface area contributed by atoms with Crippen LogP contribution in [0.15, 0.2) is 53.8 Å². The van der Waals surface area contributed by atoms with Crippen molar-refractivity contribution in [3.05, 3.63) is 66.0 Å². The Hall–Kier alpha value is -2.84. The molecule has 7 nitrogen and oxygen atoms in total. The number of benzene rings is 1. The van der Waals surface area contributed by atoms with Gasteiger partial charge in [0.05, 0.1) is 23.7 Å². The maximum atomic E-state index is 13.6. The van der Waals surface area contributed by atoms with Gasteiger partial charge in [0.25, 0.3) is 0 Å². The monoisotopic (exact) mass is 438 g/mol. The summed E-state index contributed by atoms with van der Waals surface area (Å²) in [7, 11) is -2.14.